The molecule has 4 N–H and O–H groups in total. The van der Waals surface area contributed by atoms with Gasteiger partial charge < -0.3 is 11.2 Å². The molecule has 0 unspecified atom stereocenters. The Morgan fingerprint density at radius 3 is 2.50 bits per heavy atom. The molecule has 0 amide bonds. The van der Waals surface area contributed by atoms with Crippen molar-refractivity contribution >= 4 is 16.5 Å². The molecule has 0 fully saturated rings. The highest BCUT2D eigenvalue weighted by Crippen LogP contribution is 2.20. The number of benzene rings is 1. The van der Waals surface area contributed by atoms with E-state index in [1.807, 2.05) is 0 Å². The van der Waals surface area contributed by atoms with Crippen molar-refractivity contribution in [3.63, 3.8) is 0 Å². The average Bonchev–Trinajstić information content (AvgIpc) is 2.45. The summed E-state index contributed by atoms with van der Waals surface area (Å²) >= 11 is 0. The Labute approximate surface area is 57.1 Å². The minimum absolute atomic E-state index is 0. The molecule has 0 atom stereocenters. The second-order valence-corrected chi connectivity index (χ2v) is 2.10. The molecule has 0 saturated heterocycles. The van der Waals surface area contributed by atoms with Gasteiger partial charge in [0.1, 0.15) is 0 Å². The Hall–Kier alpha value is -1.35. The second-order valence-electron chi connectivity index (χ2n) is 2.10. The van der Waals surface area contributed by atoms with Gasteiger partial charge in [0.25, 0.3) is 0 Å². The summed E-state index contributed by atoms with van der Waals surface area (Å²) in [5.41, 5.74) is 6.16. The third kappa shape index (κ3) is 0.610. The predicted molar refractivity (Wildman–Crippen MR) is 40.6 cm³/mol. The van der Waals surface area contributed by atoms with Crippen molar-refractivity contribution in [3.05, 3.63) is 28.4 Å². The summed E-state index contributed by atoms with van der Waals surface area (Å²) in [6.07, 6.45) is 0. The van der Waals surface area contributed by atoms with Crippen LogP contribution in [0.15, 0.2) is 23.0 Å². The van der Waals surface area contributed by atoms with Crippen LogP contribution in [-0.4, -0.2) is 5.48 Å². The normalized spacial score (nSPS) is 10.0. The van der Waals surface area contributed by atoms with Gasteiger partial charge in [-0.1, -0.05) is 12.1 Å². The van der Waals surface area contributed by atoms with Gasteiger partial charge in [0.15, 0.2) is 5.43 Å². The zero-order chi connectivity index (χ0) is 6.43. The topological polar surface area (TPSA) is 74.6 Å². The van der Waals surface area contributed by atoms with Crippen molar-refractivity contribution in [2.75, 3.05) is 5.73 Å². The lowest BCUT2D eigenvalue weighted by Gasteiger charge is -1.81. The summed E-state index contributed by atoms with van der Waals surface area (Å²) in [4.78, 5) is 10.7. The van der Waals surface area contributed by atoms with Gasteiger partial charge >= 0.3 is 0 Å². The molecule has 3 nitrogen and oxygen atoms in total. The van der Waals surface area contributed by atoms with Gasteiger partial charge in [-0.2, -0.15) is 0 Å². The molecular formula is C7H7NO2. The van der Waals surface area contributed by atoms with Gasteiger partial charge in [0.2, 0.25) is 0 Å². The van der Waals surface area contributed by atoms with Gasteiger partial charge in [-0.05, 0) is 6.07 Å². The Bertz CT molecular complexity index is 371. The van der Waals surface area contributed by atoms with Gasteiger partial charge in [0, 0.05) is 11.1 Å². The van der Waals surface area contributed by atoms with E-state index in [9.17, 15) is 4.79 Å². The molecule has 2 aromatic carbocycles. The molecule has 0 aliphatic carbocycles. The first-order chi connectivity index (χ1) is 4.30. The number of rotatable bonds is 0. The first-order valence-electron chi connectivity index (χ1n) is 2.74. The number of nitrogen functional groups attached to an aromatic ring is 1. The van der Waals surface area contributed by atoms with Crippen molar-refractivity contribution in [1.29, 1.82) is 0 Å². The fraction of sp³-hybridized carbons (Fsp3) is 0. The number of hydrogen-bond donors (Lipinski definition) is 1. The fourth-order valence-electron chi connectivity index (χ4n) is 0.961. The summed E-state index contributed by atoms with van der Waals surface area (Å²) in [7, 11) is 0. The Morgan fingerprint density at radius 1 is 1.30 bits per heavy atom. The molecule has 0 spiro atoms. The fourth-order valence-corrected chi connectivity index (χ4v) is 0.961. The molecule has 0 heterocycles. The zero-order valence-electron chi connectivity index (χ0n) is 5.22. The van der Waals surface area contributed by atoms with Crippen molar-refractivity contribution in [3.8, 4) is 0 Å². The molecule has 10 heavy (non-hydrogen) atoms. The monoisotopic (exact) mass is 137 g/mol. The van der Waals surface area contributed by atoms with Gasteiger partial charge in [0.05, 0.1) is 5.39 Å². The van der Waals surface area contributed by atoms with E-state index in [0.29, 0.717) is 5.69 Å². The maximum Gasteiger partial charge on any atom is 0.196 e. The highest BCUT2D eigenvalue weighted by atomic mass is 16.1. The highest BCUT2D eigenvalue weighted by Gasteiger charge is 2.12. The lowest BCUT2D eigenvalue weighted by Crippen LogP contribution is -1.81. The van der Waals surface area contributed by atoms with E-state index in [-0.39, 0.29) is 10.9 Å². The Kier molecular flexibility index (Phi) is 1.23. The van der Waals surface area contributed by atoms with Crippen LogP contribution >= 0.6 is 0 Å². The second kappa shape index (κ2) is 1.82. The number of hydrogen-bond acceptors (Lipinski definition) is 2. The quantitative estimate of drug-likeness (QED) is 0.512. The molecule has 52 valence electrons. The van der Waals surface area contributed by atoms with Crippen LogP contribution in [0.25, 0.3) is 10.8 Å². The average molecular weight is 137 g/mol. The van der Waals surface area contributed by atoms with E-state index < -0.39 is 0 Å². The minimum atomic E-state index is 0. The van der Waals surface area contributed by atoms with Crippen molar-refractivity contribution in [1.82, 2.24) is 0 Å². The maximum atomic E-state index is 10.7. The first-order valence-corrected chi connectivity index (χ1v) is 2.74. The van der Waals surface area contributed by atoms with Crippen LogP contribution in [0.4, 0.5) is 5.69 Å². The van der Waals surface area contributed by atoms with E-state index in [2.05, 4.69) is 0 Å². The van der Waals surface area contributed by atoms with Crippen LogP contribution in [0, 0.1) is 0 Å². The molecule has 2 aromatic rings. The smallest absolute Gasteiger partial charge is 0.196 e. The summed E-state index contributed by atoms with van der Waals surface area (Å²) < 4.78 is 0. The van der Waals surface area contributed by atoms with Crippen LogP contribution < -0.4 is 11.2 Å². The number of anilines is 1. The summed E-state index contributed by atoms with van der Waals surface area (Å²) in [5, 5.41) is 1.51. The summed E-state index contributed by atoms with van der Waals surface area (Å²) in [6.45, 7) is 0. The largest absolute Gasteiger partial charge is 0.412 e. The van der Waals surface area contributed by atoms with Gasteiger partial charge in [-0.3, -0.25) is 4.79 Å². The number of nitrogens with two attached hydrogens (primary N) is 1. The van der Waals surface area contributed by atoms with Gasteiger partial charge in [-0.25, -0.2) is 0 Å². The lowest BCUT2D eigenvalue weighted by molar-refractivity contribution is 0.824. The van der Waals surface area contributed by atoms with Crippen molar-refractivity contribution in [2.45, 2.75) is 0 Å². The molecule has 0 aliphatic heterocycles. The number of fused-ring (bicyclic) bond motifs is 1. The Morgan fingerprint density at radius 2 is 2.00 bits per heavy atom. The molecule has 3 heteroatoms. The van der Waals surface area contributed by atoms with E-state index in [0.717, 1.165) is 10.8 Å². The molecule has 0 aliphatic rings. The maximum absolute atomic E-state index is 10.7. The molecule has 2 rings (SSSR count). The minimum Gasteiger partial charge on any atom is -0.412 e. The molecule has 0 bridgehead atoms. The van der Waals surface area contributed by atoms with Crippen LogP contribution in [0.5, 0.6) is 0 Å². The standard InChI is InChI=1S/C7H5NO.H2O/c8-5-3-1-2-4-6(5)7(4)9;/h1-3H,8H2;1H2. The SMILES string of the molecule is Nc1cccc2c(=O)c12.O. The van der Waals surface area contributed by atoms with Gasteiger partial charge in [-0.15, -0.1) is 0 Å². The third-order valence-electron chi connectivity index (χ3n) is 1.51. The molecule has 0 aromatic heterocycles. The first kappa shape index (κ1) is 6.77. The summed E-state index contributed by atoms with van der Waals surface area (Å²) in [5.74, 6) is 0. The zero-order valence-corrected chi connectivity index (χ0v) is 5.22. The van der Waals surface area contributed by atoms with Crippen LogP contribution in [0.3, 0.4) is 0 Å². The third-order valence-corrected chi connectivity index (χ3v) is 1.51. The predicted octanol–water partition coefficient (Wildman–Crippen LogP) is -0.167. The van der Waals surface area contributed by atoms with Crippen molar-refractivity contribution < 1.29 is 5.48 Å². The van der Waals surface area contributed by atoms with Crippen LogP contribution in [0.1, 0.15) is 0 Å². The molecular weight excluding hydrogens is 130 g/mol. The van der Waals surface area contributed by atoms with Crippen LogP contribution in [0.2, 0.25) is 0 Å². The highest BCUT2D eigenvalue weighted by molar-refractivity contribution is 6.05. The van der Waals surface area contributed by atoms with E-state index in [1.165, 1.54) is 0 Å². The lowest BCUT2D eigenvalue weighted by atomic mass is 10.3. The van der Waals surface area contributed by atoms with Crippen LogP contribution in [-0.2, 0) is 0 Å². The van der Waals surface area contributed by atoms with E-state index in [4.69, 9.17) is 5.73 Å². The molecule has 0 radical (unpaired) electrons. The molecule has 0 saturated carbocycles. The Balaban J connectivity index is 0.000000500. The summed E-state index contributed by atoms with van der Waals surface area (Å²) in [6, 6.07) is 5.32. The van der Waals surface area contributed by atoms with E-state index >= 15 is 0 Å². The van der Waals surface area contributed by atoms with Crippen molar-refractivity contribution in [2.24, 2.45) is 0 Å². The van der Waals surface area contributed by atoms with E-state index in [1.54, 1.807) is 18.2 Å².